The average Bonchev–Trinajstić information content (AvgIpc) is 2.86. The number of carbonyl (C=O) groups is 3. The smallest absolute Gasteiger partial charge is 0.257 e. The summed E-state index contributed by atoms with van der Waals surface area (Å²) in [5.74, 6) is -1.04. The van der Waals surface area contributed by atoms with Crippen LogP contribution in [0.5, 0.6) is 0 Å². The van der Waals surface area contributed by atoms with Crippen LogP contribution >= 0.6 is 0 Å². The van der Waals surface area contributed by atoms with Crippen LogP contribution in [0.2, 0.25) is 0 Å². The summed E-state index contributed by atoms with van der Waals surface area (Å²) in [6.07, 6.45) is 3.66. The van der Waals surface area contributed by atoms with Crippen molar-refractivity contribution in [2.24, 2.45) is 0 Å². The topological polar surface area (TPSA) is 86.7 Å². The highest BCUT2D eigenvalue weighted by Crippen LogP contribution is 2.27. The van der Waals surface area contributed by atoms with Gasteiger partial charge in [0.25, 0.3) is 5.91 Å². The summed E-state index contributed by atoms with van der Waals surface area (Å²) >= 11 is 0. The van der Waals surface area contributed by atoms with Gasteiger partial charge in [-0.3, -0.25) is 24.5 Å². The van der Waals surface area contributed by atoms with Gasteiger partial charge in [0.2, 0.25) is 11.8 Å². The number of nitrogens with zero attached hydrogens (tertiary/aromatic N) is 1. The van der Waals surface area contributed by atoms with Crippen LogP contribution in [0.25, 0.3) is 6.08 Å². The molecule has 1 heterocycles. The minimum atomic E-state index is -0.518. The highest BCUT2D eigenvalue weighted by Gasteiger charge is 2.38. The highest BCUT2D eigenvalue weighted by atomic mass is 16.5. The first-order chi connectivity index (χ1) is 11.6. The molecule has 1 aromatic carbocycles. The molecule has 6 nitrogen and oxygen atoms in total. The first kappa shape index (κ1) is 17.9. The molecule has 1 unspecified atom stereocenters. The largest absolute Gasteiger partial charge is 0.289 e. The first-order valence-corrected chi connectivity index (χ1v) is 8.11. The van der Waals surface area contributed by atoms with Gasteiger partial charge in [0, 0.05) is 18.0 Å². The Labute approximate surface area is 141 Å². The van der Waals surface area contributed by atoms with Crippen molar-refractivity contribution in [3.05, 3.63) is 41.5 Å². The van der Waals surface area contributed by atoms with Crippen molar-refractivity contribution in [1.82, 2.24) is 10.4 Å². The number of hydroxylamine groups is 1. The monoisotopic (exact) mass is 330 g/mol. The molecule has 1 aromatic rings. The van der Waals surface area contributed by atoms with E-state index in [0.717, 1.165) is 12.0 Å². The molecule has 24 heavy (non-hydrogen) atoms. The number of hydrogen-bond acceptors (Lipinski definition) is 4. The number of carbonyl (C=O) groups excluding carboxylic acids is 3. The molecule has 0 radical (unpaired) electrons. The molecule has 0 spiro atoms. The van der Waals surface area contributed by atoms with E-state index in [9.17, 15) is 14.4 Å². The second-order valence-corrected chi connectivity index (χ2v) is 5.84. The van der Waals surface area contributed by atoms with Crippen molar-refractivity contribution in [2.45, 2.75) is 45.1 Å². The van der Waals surface area contributed by atoms with Crippen molar-refractivity contribution in [1.29, 1.82) is 0 Å². The molecule has 128 valence electrons. The number of amides is 3. The number of benzene rings is 1. The number of nitrogens with one attached hydrogen (secondary N) is 1. The molecular formula is C18H22N2O4. The number of likely N-dealkylation sites (tertiary alicyclic amines) is 1. The fourth-order valence-corrected chi connectivity index (χ4v) is 2.91. The molecule has 0 aliphatic carbocycles. The summed E-state index contributed by atoms with van der Waals surface area (Å²) in [4.78, 5) is 37.5. The zero-order chi connectivity index (χ0) is 17.5. The van der Waals surface area contributed by atoms with Gasteiger partial charge in [0.1, 0.15) is 0 Å². The predicted octanol–water partition coefficient (Wildman–Crippen LogP) is 2.28. The van der Waals surface area contributed by atoms with E-state index in [1.54, 1.807) is 11.6 Å². The Kier molecular flexibility index (Phi) is 6.26. The molecule has 2 rings (SSSR count). The molecule has 0 aromatic heterocycles. The molecule has 1 atom stereocenters. The Morgan fingerprint density at radius 1 is 1.29 bits per heavy atom. The van der Waals surface area contributed by atoms with Crippen LogP contribution in [0.15, 0.2) is 35.9 Å². The second-order valence-electron chi connectivity index (χ2n) is 5.84. The minimum Gasteiger partial charge on any atom is -0.289 e. The van der Waals surface area contributed by atoms with Crippen LogP contribution in [-0.2, 0) is 14.4 Å². The summed E-state index contributed by atoms with van der Waals surface area (Å²) in [6, 6.07) is 9.07. The maximum absolute atomic E-state index is 12.6. The third-order valence-corrected chi connectivity index (χ3v) is 4.06. The molecule has 6 heteroatoms. The summed E-state index contributed by atoms with van der Waals surface area (Å²) in [7, 11) is 0. The molecule has 1 aliphatic rings. The molecule has 0 bridgehead atoms. The quantitative estimate of drug-likeness (QED) is 0.347. The van der Waals surface area contributed by atoms with E-state index in [2.05, 4.69) is 0 Å². The molecule has 1 saturated heterocycles. The van der Waals surface area contributed by atoms with Crippen LogP contribution in [0.3, 0.4) is 0 Å². The van der Waals surface area contributed by atoms with Gasteiger partial charge in [-0.05, 0) is 24.5 Å². The molecule has 2 N–H and O–H groups in total. The lowest BCUT2D eigenvalue weighted by Crippen LogP contribution is -2.40. The van der Waals surface area contributed by atoms with Gasteiger partial charge in [0.05, 0.1) is 6.42 Å². The number of imide groups is 1. The van der Waals surface area contributed by atoms with Gasteiger partial charge >= 0.3 is 0 Å². The van der Waals surface area contributed by atoms with E-state index < -0.39 is 5.91 Å². The molecule has 3 amide bonds. The maximum Gasteiger partial charge on any atom is 0.257 e. The zero-order valence-corrected chi connectivity index (χ0v) is 13.7. The Bertz CT molecular complexity index is 640. The van der Waals surface area contributed by atoms with Crippen molar-refractivity contribution in [2.75, 3.05) is 0 Å². The first-order valence-electron chi connectivity index (χ1n) is 8.11. The van der Waals surface area contributed by atoms with Crippen molar-refractivity contribution >= 4 is 23.8 Å². The normalized spacial score (nSPS) is 17.4. The lowest BCUT2D eigenvalue weighted by atomic mass is 10.0. The Balaban J connectivity index is 2.16. The molecule has 1 fully saturated rings. The Hall–Kier alpha value is -2.47. The van der Waals surface area contributed by atoms with E-state index in [1.807, 2.05) is 37.3 Å². The summed E-state index contributed by atoms with van der Waals surface area (Å²) in [5, 5.41) is 8.60. The SMILES string of the molecule is CCCC(CCC(=O)NO)N1C(=O)C/C(=C\c2ccccc2)C1=O. The maximum atomic E-state index is 12.6. The fraction of sp³-hybridized carbons (Fsp3) is 0.389. The van der Waals surface area contributed by atoms with Gasteiger partial charge < -0.3 is 0 Å². The van der Waals surface area contributed by atoms with Gasteiger partial charge in [0.15, 0.2) is 0 Å². The lowest BCUT2D eigenvalue weighted by Gasteiger charge is -2.25. The minimum absolute atomic E-state index is 0.0654. The molecule has 1 aliphatic heterocycles. The third kappa shape index (κ3) is 4.29. The number of rotatable bonds is 7. The van der Waals surface area contributed by atoms with Gasteiger partial charge in [-0.1, -0.05) is 43.7 Å². The van der Waals surface area contributed by atoms with Crippen LogP contribution in [0.1, 0.15) is 44.6 Å². The van der Waals surface area contributed by atoms with E-state index in [4.69, 9.17) is 5.21 Å². The average molecular weight is 330 g/mol. The van der Waals surface area contributed by atoms with Crippen molar-refractivity contribution < 1.29 is 19.6 Å². The van der Waals surface area contributed by atoms with Crippen molar-refractivity contribution in [3.63, 3.8) is 0 Å². The summed E-state index contributed by atoms with van der Waals surface area (Å²) in [6.45, 7) is 1.96. The Morgan fingerprint density at radius 3 is 2.62 bits per heavy atom. The standard InChI is InChI=1S/C18H22N2O4/c1-2-6-15(9-10-16(21)19-24)20-17(22)12-14(18(20)23)11-13-7-4-3-5-8-13/h3-5,7-8,11,15,24H,2,6,9-10,12H2,1H3,(H,19,21)/b14-11+. The molecular weight excluding hydrogens is 308 g/mol. The van der Waals surface area contributed by atoms with Crippen molar-refractivity contribution in [3.8, 4) is 0 Å². The lowest BCUT2D eigenvalue weighted by molar-refractivity contribution is -0.141. The fourth-order valence-electron chi connectivity index (χ4n) is 2.91. The van der Waals surface area contributed by atoms with E-state index >= 15 is 0 Å². The highest BCUT2D eigenvalue weighted by molar-refractivity contribution is 6.15. The van der Waals surface area contributed by atoms with E-state index in [-0.39, 0.29) is 30.7 Å². The van der Waals surface area contributed by atoms with E-state index in [1.165, 1.54) is 4.90 Å². The third-order valence-electron chi connectivity index (χ3n) is 4.06. The Morgan fingerprint density at radius 2 is 2.00 bits per heavy atom. The van der Waals surface area contributed by atoms with Crippen LogP contribution in [0, 0.1) is 0 Å². The van der Waals surface area contributed by atoms with E-state index in [0.29, 0.717) is 18.4 Å². The second kappa shape index (κ2) is 8.40. The van der Waals surface area contributed by atoms with Crippen LogP contribution in [-0.4, -0.2) is 33.9 Å². The summed E-state index contributed by atoms with van der Waals surface area (Å²) in [5.41, 5.74) is 2.93. The predicted molar refractivity (Wildman–Crippen MR) is 88.7 cm³/mol. The molecule has 0 saturated carbocycles. The summed E-state index contributed by atoms with van der Waals surface area (Å²) < 4.78 is 0. The zero-order valence-electron chi connectivity index (χ0n) is 13.7. The van der Waals surface area contributed by atoms with Crippen LogP contribution in [0.4, 0.5) is 0 Å². The van der Waals surface area contributed by atoms with Crippen LogP contribution < -0.4 is 5.48 Å². The van der Waals surface area contributed by atoms with Gasteiger partial charge in [-0.15, -0.1) is 0 Å². The van der Waals surface area contributed by atoms with Gasteiger partial charge in [-0.25, -0.2) is 5.48 Å². The number of hydrogen-bond donors (Lipinski definition) is 2. The van der Waals surface area contributed by atoms with Gasteiger partial charge in [-0.2, -0.15) is 0 Å².